The van der Waals surface area contributed by atoms with Crippen molar-refractivity contribution in [1.82, 2.24) is 0 Å². The van der Waals surface area contributed by atoms with E-state index in [4.69, 9.17) is 28.1 Å². The van der Waals surface area contributed by atoms with Gasteiger partial charge in [0.1, 0.15) is 17.5 Å². The lowest BCUT2D eigenvalue weighted by Crippen LogP contribution is -2.61. The van der Waals surface area contributed by atoms with Crippen LogP contribution in [0, 0.1) is 5.41 Å². The van der Waals surface area contributed by atoms with Crippen molar-refractivity contribution in [2.45, 2.75) is 123 Å². The Bertz CT molecular complexity index is 1300. The Kier molecular flexibility index (Phi) is 13.4. The first-order valence-corrected chi connectivity index (χ1v) is 19.5. The van der Waals surface area contributed by atoms with Gasteiger partial charge in [0.05, 0.1) is 45.7 Å². The SMILES string of the molecule is COC(=O)/C=C1\C[C@@H](C[C@@H](OCc2ccc(OC)cc2)[C@@H](C)OCc2ccccc2)O[C@@](C)(C(C)(C)CO[Si](C)(C)C(C)(C)C)C1O. The maximum atomic E-state index is 12.5. The highest BCUT2D eigenvalue weighted by Gasteiger charge is 2.54. The highest BCUT2D eigenvalue weighted by molar-refractivity contribution is 6.74. The summed E-state index contributed by atoms with van der Waals surface area (Å²) < 4.78 is 36.8. The number of hydrogen-bond acceptors (Lipinski definition) is 8. The second kappa shape index (κ2) is 16.2. The van der Waals surface area contributed by atoms with Gasteiger partial charge in [-0.25, -0.2) is 4.79 Å². The number of carbonyl (C=O) groups excluding carboxylic acids is 1. The van der Waals surface area contributed by atoms with E-state index in [0.29, 0.717) is 38.2 Å². The normalized spacial score (nSPS) is 22.9. The molecule has 0 aromatic heterocycles. The molecule has 9 heteroatoms. The number of methoxy groups -OCH3 is 2. The topological polar surface area (TPSA) is 92.7 Å². The van der Waals surface area contributed by atoms with Crippen LogP contribution in [-0.2, 0) is 41.4 Å². The molecule has 8 nitrogen and oxygen atoms in total. The van der Waals surface area contributed by atoms with Crippen molar-refractivity contribution in [3.8, 4) is 5.75 Å². The summed E-state index contributed by atoms with van der Waals surface area (Å²) in [5.74, 6) is 0.271. The summed E-state index contributed by atoms with van der Waals surface area (Å²) in [5.41, 5.74) is 0.954. The molecule has 3 rings (SSSR count). The molecule has 1 unspecified atom stereocenters. The second-order valence-electron chi connectivity index (χ2n) is 15.1. The Balaban J connectivity index is 1.90. The van der Waals surface area contributed by atoms with Crippen LogP contribution in [0.4, 0.5) is 0 Å². The number of aliphatic hydroxyl groups excluding tert-OH is 1. The number of ether oxygens (including phenoxy) is 5. The van der Waals surface area contributed by atoms with Crippen LogP contribution in [0.2, 0.25) is 18.1 Å². The molecule has 2 aromatic rings. The van der Waals surface area contributed by atoms with Gasteiger partial charge in [-0.3, -0.25) is 0 Å². The smallest absolute Gasteiger partial charge is 0.330 e. The van der Waals surface area contributed by atoms with Gasteiger partial charge < -0.3 is 33.2 Å². The van der Waals surface area contributed by atoms with E-state index in [1.807, 2.05) is 68.4 Å². The average molecular weight is 671 g/mol. The largest absolute Gasteiger partial charge is 0.497 e. The Hall–Kier alpha value is -2.53. The molecule has 1 heterocycles. The molecule has 5 atom stereocenters. The number of carbonyl (C=O) groups is 1. The predicted molar refractivity (Wildman–Crippen MR) is 188 cm³/mol. The van der Waals surface area contributed by atoms with E-state index >= 15 is 0 Å². The van der Waals surface area contributed by atoms with Crippen molar-refractivity contribution in [1.29, 1.82) is 0 Å². The van der Waals surface area contributed by atoms with Crippen LogP contribution in [0.5, 0.6) is 5.75 Å². The summed E-state index contributed by atoms with van der Waals surface area (Å²) in [5, 5.41) is 11.8. The van der Waals surface area contributed by atoms with Gasteiger partial charge in [0.2, 0.25) is 0 Å². The third-order valence-electron chi connectivity index (χ3n) is 10.2. The fourth-order valence-electron chi connectivity index (χ4n) is 5.40. The molecule has 0 radical (unpaired) electrons. The van der Waals surface area contributed by atoms with Crippen LogP contribution in [-0.4, -0.2) is 70.2 Å². The molecule has 1 aliphatic rings. The number of hydrogen-bond donors (Lipinski definition) is 1. The molecule has 0 saturated carbocycles. The predicted octanol–water partition coefficient (Wildman–Crippen LogP) is 7.63. The Morgan fingerprint density at radius 2 is 1.60 bits per heavy atom. The molecule has 1 aliphatic heterocycles. The van der Waals surface area contributed by atoms with Gasteiger partial charge in [0.25, 0.3) is 0 Å². The maximum Gasteiger partial charge on any atom is 0.330 e. The molecule has 1 saturated heterocycles. The third kappa shape index (κ3) is 10.2. The zero-order valence-electron chi connectivity index (χ0n) is 30.4. The summed E-state index contributed by atoms with van der Waals surface area (Å²) in [6, 6.07) is 17.8. The van der Waals surface area contributed by atoms with Gasteiger partial charge in [0.15, 0.2) is 8.32 Å². The summed E-state index contributed by atoms with van der Waals surface area (Å²) in [6.07, 6.45) is 0.183. The van der Waals surface area contributed by atoms with Crippen molar-refractivity contribution in [2.75, 3.05) is 20.8 Å². The molecule has 0 aliphatic carbocycles. The molecule has 2 aromatic carbocycles. The summed E-state index contributed by atoms with van der Waals surface area (Å²) in [4.78, 5) is 12.5. The molecule has 0 spiro atoms. The molecular formula is C38H58O8Si. The fraction of sp³-hybridized carbons (Fsp3) is 0.605. The fourth-order valence-corrected chi connectivity index (χ4v) is 6.55. The monoisotopic (exact) mass is 670 g/mol. The maximum absolute atomic E-state index is 12.5. The highest BCUT2D eigenvalue weighted by atomic mass is 28.4. The van der Waals surface area contributed by atoms with Crippen molar-refractivity contribution >= 4 is 14.3 Å². The molecule has 47 heavy (non-hydrogen) atoms. The zero-order chi connectivity index (χ0) is 35.0. The molecular weight excluding hydrogens is 612 g/mol. The van der Waals surface area contributed by atoms with Crippen LogP contribution in [0.3, 0.4) is 0 Å². The van der Waals surface area contributed by atoms with Gasteiger partial charge in [-0.15, -0.1) is 0 Å². The van der Waals surface area contributed by atoms with E-state index in [-0.39, 0.29) is 23.4 Å². The first-order chi connectivity index (χ1) is 21.9. The minimum Gasteiger partial charge on any atom is -0.497 e. The van der Waals surface area contributed by atoms with Gasteiger partial charge >= 0.3 is 5.97 Å². The summed E-state index contributed by atoms with van der Waals surface area (Å²) in [6.45, 7) is 20.3. The minimum atomic E-state index is -2.10. The van der Waals surface area contributed by atoms with Gasteiger partial charge in [0, 0.05) is 24.5 Å². The first kappa shape index (κ1) is 38.9. The zero-order valence-corrected chi connectivity index (χ0v) is 31.4. The summed E-state index contributed by atoms with van der Waals surface area (Å²) >= 11 is 0. The Morgan fingerprint density at radius 1 is 1.00 bits per heavy atom. The van der Waals surface area contributed by atoms with Crippen LogP contribution in [0.1, 0.15) is 72.4 Å². The van der Waals surface area contributed by atoms with Crippen molar-refractivity contribution in [3.63, 3.8) is 0 Å². The minimum absolute atomic E-state index is 0.0266. The Labute approximate surface area is 283 Å². The van der Waals surface area contributed by atoms with Gasteiger partial charge in [-0.05, 0) is 67.2 Å². The van der Waals surface area contributed by atoms with Crippen molar-refractivity contribution in [3.05, 3.63) is 77.4 Å². The lowest BCUT2D eigenvalue weighted by Gasteiger charge is -2.53. The molecule has 1 fully saturated rings. The highest BCUT2D eigenvalue weighted by Crippen LogP contribution is 2.47. The van der Waals surface area contributed by atoms with Crippen LogP contribution in [0.15, 0.2) is 66.2 Å². The molecule has 0 amide bonds. The van der Waals surface area contributed by atoms with E-state index in [1.165, 1.54) is 13.2 Å². The van der Waals surface area contributed by atoms with E-state index in [9.17, 15) is 9.90 Å². The second-order valence-corrected chi connectivity index (χ2v) is 19.9. The summed E-state index contributed by atoms with van der Waals surface area (Å²) in [7, 11) is 0.889. The Morgan fingerprint density at radius 3 is 2.17 bits per heavy atom. The van der Waals surface area contributed by atoms with E-state index in [2.05, 4.69) is 47.7 Å². The van der Waals surface area contributed by atoms with Crippen molar-refractivity contribution in [2.24, 2.45) is 5.41 Å². The molecule has 262 valence electrons. The quantitative estimate of drug-likeness (QED) is 0.118. The lowest BCUT2D eigenvalue weighted by molar-refractivity contribution is -0.226. The number of aliphatic hydroxyl groups is 1. The van der Waals surface area contributed by atoms with Crippen LogP contribution < -0.4 is 4.74 Å². The van der Waals surface area contributed by atoms with Gasteiger partial charge in [-0.1, -0.05) is 77.1 Å². The standard InChI is InChI=1S/C38H58O8Si/c1-27(43-24-28-15-13-12-14-16-28)33(44-25-29-17-19-31(41-8)20-18-29)23-32-21-30(22-34(39)42-9)35(40)38(7,46-32)37(5,6)26-45-47(10,11)36(2,3)4/h12-20,22,27,32-33,35,40H,21,23-26H2,1-11H3/b30-22+/t27-,32+,33-,35?,38-/m1/s1. The van der Waals surface area contributed by atoms with E-state index in [1.54, 1.807) is 7.11 Å². The number of benzene rings is 2. The molecule has 1 N–H and O–H groups in total. The van der Waals surface area contributed by atoms with E-state index in [0.717, 1.165) is 16.9 Å². The average Bonchev–Trinajstić information content (AvgIpc) is 3.03. The van der Waals surface area contributed by atoms with Crippen LogP contribution >= 0.6 is 0 Å². The molecule has 0 bridgehead atoms. The lowest BCUT2D eigenvalue weighted by atomic mass is 9.68. The first-order valence-electron chi connectivity index (χ1n) is 16.6. The van der Waals surface area contributed by atoms with E-state index < -0.39 is 31.4 Å². The van der Waals surface area contributed by atoms with Crippen LogP contribution in [0.25, 0.3) is 0 Å². The number of esters is 1. The third-order valence-corrected chi connectivity index (χ3v) is 14.7. The number of rotatable bonds is 15. The van der Waals surface area contributed by atoms with Gasteiger partial charge in [-0.2, -0.15) is 0 Å². The van der Waals surface area contributed by atoms with Crippen molar-refractivity contribution < 1.29 is 38.0 Å².